The monoisotopic (exact) mass is 430 g/mol. The van der Waals surface area contributed by atoms with E-state index in [-0.39, 0.29) is 47.2 Å². The smallest absolute Gasteiger partial charge is 0.141 e. The van der Waals surface area contributed by atoms with Crippen molar-refractivity contribution in [3.8, 4) is 0 Å². The topological polar surface area (TPSA) is 91.2 Å². The lowest BCUT2D eigenvalue weighted by Gasteiger charge is -2.60. The normalized spacial score (nSPS) is 50.6. The third-order valence-corrected chi connectivity index (χ3v) is 9.78. The summed E-state index contributed by atoms with van der Waals surface area (Å²) < 4.78 is 0. The van der Waals surface area contributed by atoms with Crippen LogP contribution in [0.15, 0.2) is 16.8 Å². The molecule has 0 amide bonds. The molecule has 172 valence electrons. The second kappa shape index (κ2) is 7.67. The van der Waals surface area contributed by atoms with E-state index in [0.29, 0.717) is 11.7 Å². The first-order chi connectivity index (χ1) is 14.8. The molecule has 0 radical (unpaired) electrons. The molecule has 31 heavy (non-hydrogen) atoms. The summed E-state index contributed by atoms with van der Waals surface area (Å²) in [6.07, 6.45) is 7.18. The molecule has 0 aromatic rings. The van der Waals surface area contributed by atoms with Crippen LogP contribution in [-0.4, -0.2) is 53.6 Å². The molecule has 0 aromatic carbocycles. The van der Waals surface area contributed by atoms with Crippen LogP contribution < -0.4 is 5.32 Å². The second-order valence-electron chi connectivity index (χ2n) is 11.3. The van der Waals surface area contributed by atoms with Gasteiger partial charge in [0.15, 0.2) is 0 Å². The van der Waals surface area contributed by atoms with Gasteiger partial charge in [0.1, 0.15) is 11.9 Å². The van der Waals surface area contributed by atoms with E-state index in [9.17, 15) is 15.0 Å². The molecule has 3 N–H and O–H groups in total. The number of fused-ring (bicyclic) bond motifs is 5. The van der Waals surface area contributed by atoms with E-state index in [1.165, 1.54) is 0 Å². The number of aliphatic hydroxyl groups is 2. The summed E-state index contributed by atoms with van der Waals surface area (Å²) in [5.41, 5.74) is 1.68. The number of carbonyl (C=O) groups excluding carboxylic acids is 1. The summed E-state index contributed by atoms with van der Waals surface area (Å²) in [6.45, 7) is 8.25. The van der Waals surface area contributed by atoms with Crippen molar-refractivity contribution in [3.05, 3.63) is 11.6 Å². The Kier molecular flexibility index (Phi) is 5.34. The van der Waals surface area contributed by atoms with Crippen molar-refractivity contribution in [1.29, 1.82) is 0 Å². The number of hydrogen-bond donors (Lipinski definition) is 3. The summed E-state index contributed by atoms with van der Waals surface area (Å²) in [6, 6.07) is 0. The van der Waals surface area contributed by atoms with Crippen LogP contribution in [0.3, 0.4) is 0 Å². The highest BCUT2D eigenvalue weighted by Gasteiger charge is 2.64. The number of ketones is 1. The van der Waals surface area contributed by atoms with Crippen LogP contribution in [-0.2, 0) is 9.63 Å². The Morgan fingerprint density at radius 2 is 2.03 bits per heavy atom. The molecule has 5 unspecified atom stereocenters. The first-order valence-electron chi connectivity index (χ1n) is 12.3. The average molecular weight is 431 g/mol. The zero-order valence-corrected chi connectivity index (χ0v) is 19.1. The minimum absolute atomic E-state index is 0.0680. The highest BCUT2D eigenvalue weighted by molar-refractivity contribution is 5.96. The van der Waals surface area contributed by atoms with Crippen LogP contribution in [0.4, 0.5) is 0 Å². The van der Waals surface area contributed by atoms with Crippen molar-refractivity contribution >= 4 is 11.5 Å². The van der Waals surface area contributed by atoms with Crippen LogP contribution in [0.5, 0.6) is 0 Å². The third-order valence-electron chi connectivity index (χ3n) is 9.78. The zero-order chi connectivity index (χ0) is 22.0. The van der Waals surface area contributed by atoms with Gasteiger partial charge in [-0.1, -0.05) is 31.5 Å². The van der Waals surface area contributed by atoms with Crippen molar-refractivity contribution in [1.82, 2.24) is 5.32 Å². The van der Waals surface area contributed by atoms with E-state index in [1.807, 2.05) is 0 Å². The van der Waals surface area contributed by atoms with Gasteiger partial charge in [0.25, 0.3) is 0 Å². The van der Waals surface area contributed by atoms with Gasteiger partial charge in [0, 0.05) is 30.2 Å². The number of allylic oxidation sites excluding steroid dienone is 1. The van der Waals surface area contributed by atoms with Crippen LogP contribution in [0.1, 0.15) is 59.3 Å². The van der Waals surface area contributed by atoms with Gasteiger partial charge in [-0.25, -0.2) is 0 Å². The van der Waals surface area contributed by atoms with Crippen molar-refractivity contribution in [2.45, 2.75) is 71.5 Å². The lowest BCUT2D eigenvalue weighted by Crippen LogP contribution is -2.59. The van der Waals surface area contributed by atoms with E-state index < -0.39 is 6.10 Å². The maximum Gasteiger partial charge on any atom is 0.141 e. The number of Topliss-reactive ketones (excluding diaryl/α,β-unsaturated/α-hetero) is 1. The first-order valence-corrected chi connectivity index (χ1v) is 12.3. The largest absolute Gasteiger partial charge is 0.396 e. The summed E-state index contributed by atoms with van der Waals surface area (Å²) in [4.78, 5) is 18.8. The number of rotatable bonds is 3. The lowest BCUT2D eigenvalue weighted by atomic mass is 9.45. The standard InChI is InChI=1S/C25H38N2O4/c1-14-10-20-21-18(5-8-25(20,3)23(14)30)24(2)7-4-15(27-31-16-6-9-26-12-16)11-19(24)17(13-28)22(21)29/h11,14,16-18,20-22,26,28-29H,4-10,12-13H2,1-3H3/t14?,16?,17-,18?,20?,21?,22-,24-,25+/m1/s1. The van der Waals surface area contributed by atoms with E-state index in [0.717, 1.165) is 62.9 Å². The van der Waals surface area contributed by atoms with E-state index in [4.69, 9.17) is 4.84 Å². The number of hydrogen-bond acceptors (Lipinski definition) is 6. The van der Waals surface area contributed by atoms with Crippen LogP contribution in [0.2, 0.25) is 0 Å². The Morgan fingerprint density at radius 3 is 2.74 bits per heavy atom. The molecule has 9 atom stereocenters. The van der Waals surface area contributed by atoms with Crippen LogP contribution in [0, 0.1) is 40.4 Å². The predicted molar refractivity (Wildman–Crippen MR) is 118 cm³/mol. The Bertz CT molecular complexity index is 803. The second-order valence-corrected chi connectivity index (χ2v) is 11.3. The van der Waals surface area contributed by atoms with Crippen LogP contribution >= 0.6 is 0 Å². The number of nitrogens with zero attached hydrogens (tertiary/aromatic N) is 1. The maximum atomic E-state index is 13.0. The molecule has 5 rings (SSSR count). The molecule has 1 saturated heterocycles. The summed E-state index contributed by atoms with van der Waals surface area (Å²) in [5.74, 6) is 0.792. The predicted octanol–water partition coefficient (Wildman–Crippen LogP) is 2.69. The van der Waals surface area contributed by atoms with Gasteiger partial charge in [0.05, 0.1) is 18.4 Å². The van der Waals surface area contributed by atoms with Crippen molar-refractivity contribution < 1.29 is 19.8 Å². The highest BCUT2D eigenvalue weighted by atomic mass is 16.6. The molecule has 4 fully saturated rings. The van der Waals surface area contributed by atoms with E-state index >= 15 is 0 Å². The van der Waals surface area contributed by atoms with Gasteiger partial charge in [-0.15, -0.1) is 0 Å². The zero-order valence-electron chi connectivity index (χ0n) is 19.1. The molecule has 5 aliphatic rings. The molecular weight excluding hydrogens is 392 g/mol. The minimum Gasteiger partial charge on any atom is -0.396 e. The molecule has 6 nitrogen and oxygen atoms in total. The fourth-order valence-corrected chi connectivity index (χ4v) is 8.00. The molecule has 0 spiro atoms. The number of carbonyl (C=O) groups is 1. The summed E-state index contributed by atoms with van der Waals surface area (Å²) in [7, 11) is 0. The van der Waals surface area contributed by atoms with E-state index in [1.54, 1.807) is 0 Å². The van der Waals surface area contributed by atoms with Gasteiger partial charge in [-0.05, 0) is 67.9 Å². The fourth-order valence-electron chi connectivity index (χ4n) is 8.00. The summed E-state index contributed by atoms with van der Waals surface area (Å²) in [5, 5.41) is 29.7. The van der Waals surface area contributed by atoms with Crippen molar-refractivity contribution in [3.63, 3.8) is 0 Å². The SMILES string of the molecule is CC1CC2C3C(CC[C@]2(C)C1=O)[C@@]1(C)CCC(=NOC2CCNC2)C=C1[C@@H](CO)[C@H]3O. The molecule has 0 aromatic heterocycles. The van der Waals surface area contributed by atoms with Gasteiger partial charge in [-0.2, -0.15) is 0 Å². The minimum atomic E-state index is -0.614. The maximum absolute atomic E-state index is 13.0. The van der Waals surface area contributed by atoms with Gasteiger partial charge in [-0.3, -0.25) is 4.79 Å². The van der Waals surface area contributed by atoms with Crippen molar-refractivity contribution in [2.24, 2.45) is 45.6 Å². The van der Waals surface area contributed by atoms with Gasteiger partial charge >= 0.3 is 0 Å². The average Bonchev–Trinajstić information content (AvgIpc) is 3.35. The fraction of sp³-hybridized carbons (Fsp3) is 0.840. The molecule has 6 heteroatoms. The molecular formula is C25H38N2O4. The van der Waals surface area contributed by atoms with Gasteiger partial charge in [0.2, 0.25) is 0 Å². The first kappa shape index (κ1) is 21.6. The van der Waals surface area contributed by atoms with Crippen LogP contribution in [0.25, 0.3) is 0 Å². The highest BCUT2D eigenvalue weighted by Crippen LogP contribution is 2.66. The Morgan fingerprint density at radius 1 is 1.23 bits per heavy atom. The Labute approximate surface area is 185 Å². The molecule has 1 heterocycles. The molecule has 4 aliphatic carbocycles. The van der Waals surface area contributed by atoms with E-state index in [2.05, 4.69) is 37.3 Å². The third kappa shape index (κ3) is 3.16. The Hall–Kier alpha value is -1.24. The summed E-state index contributed by atoms with van der Waals surface area (Å²) >= 11 is 0. The van der Waals surface area contributed by atoms with Crippen molar-refractivity contribution in [2.75, 3.05) is 19.7 Å². The Balaban J connectivity index is 1.47. The molecule has 1 aliphatic heterocycles. The number of aliphatic hydroxyl groups excluding tert-OH is 2. The quantitative estimate of drug-likeness (QED) is 0.599. The number of oxime groups is 1. The molecule has 0 bridgehead atoms. The van der Waals surface area contributed by atoms with Gasteiger partial charge < -0.3 is 20.4 Å². The molecule has 3 saturated carbocycles. The lowest BCUT2D eigenvalue weighted by molar-refractivity contribution is -0.146. The number of nitrogens with one attached hydrogen (secondary N) is 1.